The van der Waals surface area contributed by atoms with Gasteiger partial charge in [0.2, 0.25) is 0 Å². The Morgan fingerprint density at radius 2 is 1.59 bits per heavy atom. The fraction of sp³-hybridized carbons (Fsp3) is 0.379. The molecule has 0 saturated heterocycles. The van der Waals surface area contributed by atoms with Crippen LogP contribution in [0.2, 0.25) is 0 Å². The zero-order chi connectivity index (χ0) is 22.7. The number of halogens is 3. The van der Waals surface area contributed by atoms with Crippen LogP contribution < -0.4 is 0 Å². The second kappa shape index (κ2) is 9.94. The third kappa shape index (κ3) is 4.62. The first kappa shape index (κ1) is 22.6. The highest BCUT2D eigenvalue weighted by atomic mass is 19.2. The van der Waals surface area contributed by atoms with Crippen LogP contribution >= 0.6 is 0 Å². The lowest BCUT2D eigenvalue weighted by Gasteiger charge is -2.26. The van der Waals surface area contributed by atoms with E-state index in [-0.39, 0.29) is 10.9 Å². The molecule has 1 aliphatic carbocycles. The third-order valence-corrected chi connectivity index (χ3v) is 7.05. The minimum Gasteiger partial charge on any atom is -0.206 e. The van der Waals surface area contributed by atoms with Crippen LogP contribution in [0.15, 0.2) is 55.1 Å². The zero-order valence-corrected chi connectivity index (χ0v) is 18.8. The van der Waals surface area contributed by atoms with E-state index in [1.54, 1.807) is 18.2 Å². The molecule has 1 saturated carbocycles. The summed E-state index contributed by atoms with van der Waals surface area (Å²) in [5.74, 6) is -1.31. The molecular weight excluding hydrogens is 405 g/mol. The molecule has 168 valence electrons. The maximum absolute atomic E-state index is 14.9. The van der Waals surface area contributed by atoms with E-state index in [0.717, 1.165) is 25.2 Å². The third-order valence-electron chi connectivity index (χ3n) is 7.05. The summed E-state index contributed by atoms with van der Waals surface area (Å²) in [4.78, 5) is 0. The monoisotopic (exact) mass is 436 g/mol. The summed E-state index contributed by atoms with van der Waals surface area (Å²) in [5, 5.41) is 0.135. The number of allylic oxidation sites excluding steroid dienone is 1. The van der Waals surface area contributed by atoms with Crippen LogP contribution in [0.3, 0.4) is 0 Å². The first-order valence-corrected chi connectivity index (χ1v) is 11.8. The number of aryl methyl sites for hydroxylation is 2. The van der Waals surface area contributed by atoms with Gasteiger partial charge in [-0.25, -0.2) is 13.2 Å². The van der Waals surface area contributed by atoms with E-state index in [1.807, 2.05) is 31.2 Å². The normalized spacial score (nSPS) is 18.8. The molecule has 0 atom stereocenters. The van der Waals surface area contributed by atoms with E-state index < -0.39 is 17.5 Å². The van der Waals surface area contributed by atoms with E-state index in [0.29, 0.717) is 28.9 Å². The van der Waals surface area contributed by atoms with E-state index in [9.17, 15) is 13.2 Å². The standard InChI is InChI=1S/C29H31F3/c1-3-5-23-16-17-24-18-25(28(31)29(32)26(24)27(23)30)22-14-12-21(13-15-22)11-10-20-8-6-19(4-2)7-9-20/h4,12-20H,2-3,5-11H2,1H3. The van der Waals surface area contributed by atoms with Crippen molar-refractivity contribution in [3.8, 4) is 11.1 Å². The Kier molecular flexibility index (Phi) is 7.03. The Bertz CT molecular complexity index is 1090. The first-order chi connectivity index (χ1) is 15.5. The van der Waals surface area contributed by atoms with Gasteiger partial charge in [-0.05, 0) is 84.9 Å². The van der Waals surface area contributed by atoms with Crippen molar-refractivity contribution in [2.75, 3.05) is 0 Å². The van der Waals surface area contributed by atoms with Crippen molar-refractivity contribution in [3.63, 3.8) is 0 Å². The SMILES string of the molecule is C=CC1CCC(CCc2ccc(-c3cc4ccc(CCC)c(F)c4c(F)c3F)cc2)CC1. The molecule has 0 aliphatic heterocycles. The molecule has 0 bridgehead atoms. The highest BCUT2D eigenvalue weighted by molar-refractivity contribution is 5.89. The molecule has 0 nitrogen and oxygen atoms in total. The zero-order valence-electron chi connectivity index (χ0n) is 18.8. The van der Waals surface area contributed by atoms with Crippen LogP contribution in [0.4, 0.5) is 13.2 Å². The summed E-state index contributed by atoms with van der Waals surface area (Å²) >= 11 is 0. The van der Waals surface area contributed by atoms with Crippen molar-refractivity contribution >= 4 is 10.8 Å². The second-order valence-corrected chi connectivity index (χ2v) is 9.19. The molecule has 0 aromatic heterocycles. The maximum atomic E-state index is 14.9. The number of hydrogen-bond donors (Lipinski definition) is 0. The van der Waals surface area contributed by atoms with Gasteiger partial charge in [0.05, 0.1) is 5.39 Å². The van der Waals surface area contributed by atoms with Gasteiger partial charge in [0.1, 0.15) is 5.82 Å². The molecule has 32 heavy (non-hydrogen) atoms. The number of benzene rings is 3. The summed E-state index contributed by atoms with van der Waals surface area (Å²) in [6, 6.07) is 12.6. The quantitative estimate of drug-likeness (QED) is 0.325. The lowest BCUT2D eigenvalue weighted by Crippen LogP contribution is -2.13. The molecule has 0 N–H and O–H groups in total. The van der Waals surface area contributed by atoms with Gasteiger partial charge in [0.15, 0.2) is 11.6 Å². The van der Waals surface area contributed by atoms with E-state index in [1.165, 1.54) is 31.2 Å². The van der Waals surface area contributed by atoms with Crippen LogP contribution in [-0.4, -0.2) is 0 Å². The summed E-state index contributed by atoms with van der Waals surface area (Å²) in [5.41, 5.74) is 2.41. The smallest absolute Gasteiger partial charge is 0.170 e. The van der Waals surface area contributed by atoms with Crippen molar-refractivity contribution in [1.29, 1.82) is 0 Å². The van der Waals surface area contributed by atoms with Gasteiger partial charge in [-0.3, -0.25) is 0 Å². The molecular formula is C29H31F3. The van der Waals surface area contributed by atoms with Gasteiger partial charge < -0.3 is 0 Å². The van der Waals surface area contributed by atoms with Crippen LogP contribution in [0, 0.1) is 29.3 Å². The topological polar surface area (TPSA) is 0 Å². The van der Waals surface area contributed by atoms with Crippen molar-refractivity contribution in [2.45, 2.75) is 58.3 Å². The Hall–Kier alpha value is -2.55. The highest BCUT2D eigenvalue weighted by Gasteiger charge is 2.20. The predicted molar refractivity (Wildman–Crippen MR) is 127 cm³/mol. The largest absolute Gasteiger partial charge is 0.206 e. The molecule has 3 aromatic rings. The van der Waals surface area contributed by atoms with Crippen molar-refractivity contribution in [2.24, 2.45) is 11.8 Å². The minimum absolute atomic E-state index is 0.173. The minimum atomic E-state index is -1.10. The van der Waals surface area contributed by atoms with Gasteiger partial charge in [0.25, 0.3) is 0 Å². The fourth-order valence-corrected chi connectivity index (χ4v) is 5.03. The molecule has 3 aromatic carbocycles. The molecule has 1 aliphatic rings. The molecule has 0 spiro atoms. The fourth-order valence-electron chi connectivity index (χ4n) is 5.03. The van der Waals surface area contributed by atoms with Crippen molar-refractivity contribution < 1.29 is 13.2 Å². The highest BCUT2D eigenvalue weighted by Crippen LogP contribution is 2.35. The molecule has 3 heteroatoms. The van der Waals surface area contributed by atoms with Gasteiger partial charge in [-0.2, -0.15) is 0 Å². The van der Waals surface area contributed by atoms with E-state index >= 15 is 0 Å². The Labute approximate surface area is 189 Å². The van der Waals surface area contributed by atoms with Gasteiger partial charge in [0, 0.05) is 5.56 Å². The predicted octanol–water partition coefficient (Wildman–Crippen LogP) is 8.80. The molecule has 0 radical (unpaired) electrons. The number of hydrogen-bond acceptors (Lipinski definition) is 0. The second-order valence-electron chi connectivity index (χ2n) is 9.19. The van der Waals surface area contributed by atoms with Crippen molar-refractivity contribution in [1.82, 2.24) is 0 Å². The number of rotatable bonds is 7. The molecule has 1 fully saturated rings. The summed E-state index contributed by atoms with van der Waals surface area (Å²) in [7, 11) is 0. The van der Waals surface area contributed by atoms with Crippen LogP contribution in [0.25, 0.3) is 21.9 Å². The van der Waals surface area contributed by atoms with Crippen LogP contribution in [0.1, 0.15) is 56.6 Å². The summed E-state index contributed by atoms with van der Waals surface area (Å²) in [6.45, 7) is 5.84. The summed E-state index contributed by atoms with van der Waals surface area (Å²) < 4.78 is 44.5. The molecule has 0 unspecified atom stereocenters. The number of fused-ring (bicyclic) bond motifs is 1. The molecule has 0 heterocycles. The lowest BCUT2D eigenvalue weighted by molar-refractivity contribution is 0.296. The first-order valence-electron chi connectivity index (χ1n) is 11.8. The molecule has 0 amide bonds. The van der Waals surface area contributed by atoms with E-state index in [4.69, 9.17) is 0 Å². The Morgan fingerprint density at radius 1 is 0.875 bits per heavy atom. The lowest BCUT2D eigenvalue weighted by atomic mass is 9.79. The van der Waals surface area contributed by atoms with E-state index in [2.05, 4.69) is 12.7 Å². The van der Waals surface area contributed by atoms with Gasteiger partial charge in [-0.15, -0.1) is 6.58 Å². The average Bonchev–Trinajstić information content (AvgIpc) is 2.82. The average molecular weight is 437 g/mol. The maximum Gasteiger partial charge on any atom is 0.170 e. The Morgan fingerprint density at radius 3 is 2.25 bits per heavy atom. The van der Waals surface area contributed by atoms with Crippen molar-refractivity contribution in [3.05, 3.63) is 83.7 Å². The van der Waals surface area contributed by atoms with Crippen LogP contribution in [-0.2, 0) is 12.8 Å². The van der Waals surface area contributed by atoms with Gasteiger partial charge >= 0.3 is 0 Å². The molecule has 4 rings (SSSR count). The Balaban J connectivity index is 1.52. The van der Waals surface area contributed by atoms with Crippen LogP contribution in [0.5, 0.6) is 0 Å². The van der Waals surface area contributed by atoms with Gasteiger partial charge in [-0.1, -0.05) is 55.8 Å². The summed E-state index contributed by atoms with van der Waals surface area (Å²) in [6.07, 6.45) is 10.5.